The van der Waals surface area contributed by atoms with Gasteiger partial charge in [-0.05, 0) is 73.2 Å². The first-order valence-corrected chi connectivity index (χ1v) is 14.8. The third-order valence-electron chi connectivity index (χ3n) is 6.25. The molecule has 0 amide bonds. The zero-order valence-electron chi connectivity index (χ0n) is 24.8. The molecule has 0 fully saturated rings. The van der Waals surface area contributed by atoms with Crippen LogP contribution in [-0.2, 0) is 36.7 Å². The molecule has 0 spiro atoms. The molecule has 0 aromatic heterocycles. The van der Waals surface area contributed by atoms with Crippen molar-refractivity contribution in [2.24, 2.45) is 0 Å². The van der Waals surface area contributed by atoms with Gasteiger partial charge in [0.05, 0.1) is 22.2 Å². The second kappa shape index (κ2) is 15.3. The maximum Gasteiger partial charge on any atom is 1.00 e. The first-order valence-electron chi connectivity index (χ1n) is 12.2. The molecule has 4 aromatic carbocycles. The minimum atomic E-state index is -3.92. The van der Waals surface area contributed by atoms with Crippen LogP contribution in [0.2, 0.25) is 0 Å². The van der Waals surface area contributed by atoms with Crippen molar-refractivity contribution in [3.05, 3.63) is 89.0 Å². The number of benzene rings is 4. The van der Waals surface area contributed by atoms with Gasteiger partial charge in [0.2, 0.25) is 0 Å². The van der Waals surface area contributed by atoms with Crippen LogP contribution in [0.4, 0.5) is 0 Å². The summed E-state index contributed by atoms with van der Waals surface area (Å²) in [5, 5.41) is 18.9. The van der Waals surface area contributed by atoms with Crippen LogP contribution < -0.4 is 64.4 Å². The fraction of sp³-hybridized carbons (Fsp3) is 0.333. The molecule has 6 nitrogen and oxygen atoms in total. The average molecular weight is 601 g/mol. The quantitative estimate of drug-likeness (QED) is 0.109. The van der Waals surface area contributed by atoms with Gasteiger partial charge < -0.3 is 9.81 Å². The minimum Gasteiger partial charge on any atom is -0.748 e. The van der Waals surface area contributed by atoms with E-state index in [9.17, 15) is 5.26 Å². The first-order chi connectivity index (χ1) is 17.6. The van der Waals surface area contributed by atoms with Gasteiger partial charge in [0.25, 0.3) is 0 Å². The molecule has 0 aliphatic rings. The zero-order valence-corrected chi connectivity index (χ0v) is 30.5. The maximum atomic E-state index is 10.3. The summed E-state index contributed by atoms with van der Waals surface area (Å²) in [5.74, 6) is 0. The molecule has 204 valence electrons. The summed E-state index contributed by atoms with van der Waals surface area (Å²) in [5.41, 5.74) is 5.31. The smallest absolute Gasteiger partial charge is 0.748 e. The summed E-state index contributed by atoms with van der Waals surface area (Å²) in [6, 6.07) is 23.9. The molecule has 0 aliphatic carbocycles. The number of hydrogen-bond acceptors (Lipinski definition) is 7. The van der Waals surface area contributed by atoms with Crippen molar-refractivity contribution < 1.29 is 86.7 Å². The average Bonchev–Trinajstić information content (AvgIpc) is 2.80. The summed E-state index contributed by atoms with van der Waals surface area (Å²) in [7, 11) is -3.92. The Morgan fingerprint density at radius 2 is 1.18 bits per heavy atom. The van der Waals surface area contributed by atoms with Gasteiger partial charge in [-0.15, -0.1) is 0 Å². The Bertz CT molecular complexity index is 1530. The predicted molar refractivity (Wildman–Crippen MR) is 152 cm³/mol. The fourth-order valence-electron chi connectivity index (χ4n) is 4.68. The van der Waals surface area contributed by atoms with Crippen LogP contribution in [0.3, 0.4) is 0 Å². The van der Waals surface area contributed by atoms with Gasteiger partial charge in [0.15, 0.2) is 0 Å². The molecule has 0 atom stereocenters. The molecule has 40 heavy (non-hydrogen) atoms. The van der Waals surface area contributed by atoms with Crippen LogP contribution in [-0.4, -0.2) is 19.2 Å². The van der Waals surface area contributed by atoms with Gasteiger partial charge in [-0.3, -0.25) is 5.04 Å². The third kappa shape index (κ3) is 10.4. The van der Waals surface area contributed by atoms with Crippen molar-refractivity contribution in [3.8, 4) is 0 Å². The molecule has 0 saturated heterocycles. The monoisotopic (exact) mass is 600 g/mol. The van der Waals surface area contributed by atoms with E-state index in [-0.39, 0.29) is 69.9 Å². The topological polar surface area (TPSA) is 98.7 Å². The predicted octanol–water partition coefficient (Wildman–Crippen LogP) is 0.579. The molecular formula is C30H34Na2O6S2. The molecule has 0 radical (unpaired) electrons. The van der Waals surface area contributed by atoms with Crippen molar-refractivity contribution >= 4 is 43.7 Å². The molecule has 4 aromatic rings. The van der Waals surface area contributed by atoms with E-state index in [4.69, 9.17) is 13.0 Å². The Balaban J connectivity index is 0.00000105. The van der Waals surface area contributed by atoms with Crippen molar-refractivity contribution in [3.63, 3.8) is 0 Å². The number of hydrogen-bond donors (Lipinski definition) is 0. The molecule has 0 aliphatic heterocycles. The van der Waals surface area contributed by atoms with E-state index in [0.29, 0.717) is 6.26 Å². The third-order valence-corrected chi connectivity index (χ3v) is 6.82. The molecule has 0 N–H and O–H groups in total. The second-order valence-electron chi connectivity index (χ2n) is 11.4. The Morgan fingerprint density at radius 1 is 0.725 bits per heavy atom. The van der Waals surface area contributed by atoms with Crippen LogP contribution in [0.1, 0.15) is 63.8 Å². The van der Waals surface area contributed by atoms with Gasteiger partial charge in [-0.25, -0.2) is 8.42 Å². The summed E-state index contributed by atoms with van der Waals surface area (Å²) in [4.78, 5) is 0.832. The minimum absolute atomic E-state index is 0. The second-order valence-corrected chi connectivity index (χ2v) is 13.6. The Morgan fingerprint density at radius 3 is 1.65 bits per heavy atom. The molecular weight excluding hydrogens is 566 g/mol. The van der Waals surface area contributed by atoms with E-state index >= 15 is 0 Å². The van der Waals surface area contributed by atoms with E-state index in [1.165, 1.54) is 43.8 Å². The molecule has 0 heterocycles. The molecule has 0 saturated carbocycles. The van der Waals surface area contributed by atoms with Gasteiger partial charge in [0, 0.05) is 11.2 Å². The van der Waals surface area contributed by atoms with Crippen molar-refractivity contribution in [1.82, 2.24) is 0 Å². The number of rotatable bonds is 5. The fourth-order valence-corrected chi connectivity index (χ4v) is 5.07. The number of fused-ring (bicyclic) bond motifs is 2. The van der Waals surface area contributed by atoms with E-state index < -0.39 is 10.1 Å². The standard InChI is InChI=1S/C29H32O3S.CH4O3S.2Na/c1-28(2,3)26-15-11-19(22-9-7-8-10-23(22)26)17-20-12-16-27(29(4,5)6)24-14-13-21(18-25(20)24)33-32-31-30;1-5(2,3)4;;/h7-16,18,30H,17H2,1-6H3;1H3,(H,2,3,4);;/q;;2*+1/p-2. The van der Waals surface area contributed by atoms with Crippen molar-refractivity contribution in [2.45, 2.75) is 63.7 Å². The molecule has 0 bridgehead atoms. The van der Waals surface area contributed by atoms with Gasteiger partial charge in [0.1, 0.15) is 0 Å². The maximum absolute atomic E-state index is 10.3. The van der Waals surface area contributed by atoms with Crippen LogP contribution in [0, 0.1) is 0 Å². The van der Waals surface area contributed by atoms with Gasteiger partial charge >= 0.3 is 59.1 Å². The van der Waals surface area contributed by atoms with Crippen LogP contribution in [0.15, 0.2) is 71.6 Å². The Kier molecular flexibility index (Phi) is 14.4. The van der Waals surface area contributed by atoms with Crippen molar-refractivity contribution in [2.75, 3.05) is 6.26 Å². The van der Waals surface area contributed by atoms with Gasteiger partial charge in [-0.1, -0.05) is 96.1 Å². The van der Waals surface area contributed by atoms with E-state index in [1.54, 1.807) is 0 Å². The van der Waals surface area contributed by atoms with Crippen molar-refractivity contribution in [1.29, 1.82) is 0 Å². The van der Waals surface area contributed by atoms with E-state index in [1.807, 2.05) is 6.07 Å². The Hall–Kier alpha value is -0.460. The molecule has 4 rings (SSSR count). The zero-order chi connectivity index (χ0) is 28.3. The molecule has 10 heteroatoms. The normalized spacial score (nSPS) is 11.8. The largest absolute Gasteiger partial charge is 1.00 e. The van der Waals surface area contributed by atoms with E-state index in [2.05, 4.69) is 112 Å². The van der Waals surface area contributed by atoms with Crippen LogP contribution in [0.5, 0.6) is 0 Å². The van der Waals surface area contributed by atoms with Gasteiger partial charge in [-0.2, -0.15) is 4.33 Å². The summed E-state index contributed by atoms with van der Waals surface area (Å²) in [6.45, 7) is 13.5. The van der Waals surface area contributed by atoms with Crippen LogP contribution in [0.25, 0.3) is 21.5 Å². The first kappa shape index (κ1) is 37.6. The SMILES string of the molecule is CC(C)(C)c1ccc(Cc2ccc(C(C)(C)C)c3ccc(SOO[O-])cc23)c2ccccc12.CS(=O)(=O)[O-].[Na+].[Na+]. The summed E-state index contributed by atoms with van der Waals surface area (Å²) >= 11 is 0.936. The Labute approximate surface area is 286 Å². The molecule has 0 unspecified atom stereocenters. The van der Waals surface area contributed by atoms with E-state index in [0.717, 1.165) is 23.4 Å². The summed E-state index contributed by atoms with van der Waals surface area (Å²) in [6.07, 6.45) is 1.42. The van der Waals surface area contributed by atoms with Crippen LogP contribution >= 0.6 is 12.0 Å². The summed E-state index contributed by atoms with van der Waals surface area (Å²) < 4.78 is 31.8.